The van der Waals surface area contributed by atoms with Crippen molar-refractivity contribution in [3.63, 3.8) is 0 Å². The monoisotopic (exact) mass is 298 g/mol. The number of fused-ring (bicyclic) bond motifs is 4. The van der Waals surface area contributed by atoms with Crippen LogP contribution in [0.2, 0.25) is 0 Å². The van der Waals surface area contributed by atoms with Crippen molar-refractivity contribution in [1.29, 1.82) is 0 Å². The van der Waals surface area contributed by atoms with Crippen molar-refractivity contribution in [3.05, 3.63) is 77.9 Å². The molecule has 0 aliphatic carbocycles. The van der Waals surface area contributed by atoms with E-state index >= 15 is 0 Å². The van der Waals surface area contributed by atoms with Gasteiger partial charge in [-0.3, -0.25) is 4.79 Å². The van der Waals surface area contributed by atoms with Gasteiger partial charge in [0.2, 0.25) is 5.91 Å². The van der Waals surface area contributed by atoms with Gasteiger partial charge in [0.15, 0.2) is 0 Å². The SMILES string of the molecule is O=C1Nc2ccccc2C1c1ccc2c(c1)[nH]c1ccccc12. The lowest BCUT2D eigenvalue weighted by Crippen LogP contribution is -2.13. The molecule has 0 spiro atoms. The molecule has 23 heavy (non-hydrogen) atoms. The van der Waals surface area contributed by atoms with Crippen molar-refractivity contribution in [3.8, 4) is 0 Å². The zero-order chi connectivity index (χ0) is 15.4. The molecule has 1 aliphatic rings. The normalized spacial score (nSPS) is 16.7. The van der Waals surface area contributed by atoms with Gasteiger partial charge < -0.3 is 10.3 Å². The fraction of sp³-hybridized carbons (Fsp3) is 0.0500. The van der Waals surface area contributed by atoms with Crippen LogP contribution in [0.5, 0.6) is 0 Å². The van der Waals surface area contributed by atoms with Gasteiger partial charge in [-0.2, -0.15) is 0 Å². The Morgan fingerprint density at radius 3 is 2.52 bits per heavy atom. The molecule has 3 aromatic carbocycles. The van der Waals surface area contributed by atoms with Crippen LogP contribution in [0.3, 0.4) is 0 Å². The third kappa shape index (κ3) is 1.73. The summed E-state index contributed by atoms with van der Waals surface area (Å²) in [6, 6.07) is 22.4. The van der Waals surface area contributed by atoms with E-state index in [1.807, 2.05) is 36.4 Å². The smallest absolute Gasteiger partial charge is 0.236 e. The Balaban J connectivity index is 1.72. The van der Waals surface area contributed by atoms with Gasteiger partial charge in [0.05, 0.1) is 5.92 Å². The van der Waals surface area contributed by atoms with Gasteiger partial charge in [0, 0.05) is 27.5 Å². The molecule has 110 valence electrons. The maximum atomic E-state index is 12.4. The van der Waals surface area contributed by atoms with Crippen LogP contribution in [0.15, 0.2) is 66.7 Å². The lowest BCUT2D eigenvalue weighted by atomic mass is 9.92. The predicted molar refractivity (Wildman–Crippen MR) is 92.7 cm³/mol. The number of hydrogen-bond donors (Lipinski definition) is 2. The molecule has 5 rings (SSSR count). The van der Waals surface area contributed by atoms with E-state index in [9.17, 15) is 4.79 Å². The van der Waals surface area contributed by atoms with Crippen LogP contribution in [-0.2, 0) is 4.79 Å². The van der Waals surface area contributed by atoms with Crippen molar-refractivity contribution in [2.45, 2.75) is 5.92 Å². The van der Waals surface area contributed by atoms with Crippen LogP contribution in [0, 0.1) is 0 Å². The number of para-hydroxylation sites is 2. The topological polar surface area (TPSA) is 44.9 Å². The zero-order valence-corrected chi connectivity index (χ0v) is 12.3. The highest BCUT2D eigenvalue weighted by molar-refractivity contribution is 6.09. The van der Waals surface area contributed by atoms with Crippen LogP contribution in [-0.4, -0.2) is 10.9 Å². The number of benzene rings is 3. The second-order valence-electron chi connectivity index (χ2n) is 5.99. The van der Waals surface area contributed by atoms with Gasteiger partial charge in [-0.1, -0.05) is 48.5 Å². The molecular weight excluding hydrogens is 284 g/mol. The van der Waals surface area contributed by atoms with Gasteiger partial charge in [-0.25, -0.2) is 0 Å². The van der Waals surface area contributed by atoms with Gasteiger partial charge in [-0.05, 0) is 29.3 Å². The number of carbonyl (C=O) groups is 1. The lowest BCUT2D eigenvalue weighted by Gasteiger charge is -2.09. The molecule has 1 aromatic heterocycles. The summed E-state index contributed by atoms with van der Waals surface area (Å²) in [4.78, 5) is 15.9. The lowest BCUT2D eigenvalue weighted by molar-refractivity contribution is -0.116. The largest absolute Gasteiger partial charge is 0.355 e. The molecule has 0 fully saturated rings. The fourth-order valence-electron chi connectivity index (χ4n) is 3.59. The van der Waals surface area contributed by atoms with Crippen molar-refractivity contribution in [2.75, 3.05) is 5.32 Å². The summed E-state index contributed by atoms with van der Waals surface area (Å²) in [7, 11) is 0. The number of aromatic nitrogens is 1. The number of nitrogens with one attached hydrogen (secondary N) is 2. The van der Waals surface area contributed by atoms with Crippen molar-refractivity contribution in [2.24, 2.45) is 0 Å². The summed E-state index contributed by atoms with van der Waals surface area (Å²) < 4.78 is 0. The first kappa shape index (κ1) is 12.5. The predicted octanol–water partition coefficient (Wildman–Crippen LogP) is 4.41. The fourth-order valence-corrected chi connectivity index (χ4v) is 3.59. The van der Waals surface area contributed by atoms with E-state index in [0.717, 1.165) is 27.8 Å². The average molecular weight is 298 g/mol. The first-order valence-electron chi connectivity index (χ1n) is 7.71. The van der Waals surface area contributed by atoms with Crippen LogP contribution in [0.4, 0.5) is 5.69 Å². The highest BCUT2D eigenvalue weighted by Crippen LogP contribution is 2.38. The zero-order valence-electron chi connectivity index (χ0n) is 12.3. The van der Waals surface area contributed by atoms with E-state index in [1.165, 1.54) is 10.8 Å². The summed E-state index contributed by atoms with van der Waals surface area (Å²) in [6.45, 7) is 0. The van der Waals surface area contributed by atoms with Crippen LogP contribution < -0.4 is 5.32 Å². The van der Waals surface area contributed by atoms with Gasteiger partial charge >= 0.3 is 0 Å². The second kappa shape index (κ2) is 4.46. The molecule has 0 saturated heterocycles. The first-order valence-corrected chi connectivity index (χ1v) is 7.71. The Bertz CT molecular complexity index is 1080. The Hall–Kier alpha value is -3.07. The molecule has 1 unspecified atom stereocenters. The molecule has 0 bridgehead atoms. The molecule has 2 heterocycles. The molecular formula is C20H14N2O. The maximum absolute atomic E-state index is 12.4. The van der Waals surface area contributed by atoms with Crippen LogP contribution in [0.25, 0.3) is 21.8 Å². The maximum Gasteiger partial charge on any atom is 0.236 e. The molecule has 3 heteroatoms. The van der Waals surface area contributed by atoms with E-state index in [4.69, 9.17) is 0 Å². The van der Waals surface area contributed by atoms with E-state index < -0.39 is 0 Å². The summed E-state index contributed by atoms with van der Waals surface area (Å²) in [5.74, 6) is -0.191. The van der Waals surface area contributed by atoms with E-state index in [1.54, 1.807) is 0 Å². The molecule has 1 amide bonds. The third-order valence-electron chi connectivity index (χ3n) is 4.66. The van der Waals surface area contributed by atoms with E-state index in [0.29, 0.717) is 0 Å². The highest BCUT2D eigenvalue weighted by atomic mass is 16.2. The first-order chi connectivity index (χ1) is 11.3. The Morgan fingerprint density at radius 2 is 1.57 bits per heavy atom. The minimum Gasteiger partial charge on any atom is -0.355 e. The van der Waals surface area contributed by atoms with Crippen LogP contribution in [0.1, 0.15) is 17.0 Å². The van der Waals surface area contributed by atoms with Gasteiger partial charge in [0.25, 0.3) is 0 Å². The van der Waals surface area contributed by atoms with Gasteiger partial charge in [0.1, 0.15) is 0 Å². The quantitative estimate of drug-likeness (QED) is 0.537. The second-order valence-corrected chi connectivity index (χ2v) is 5.99. The van der Waals surface area contributed by atoms with E-state index in [2.05, 4.69) is 40.6 Å². The number of hydrogen-bond acceptors (Lipinski definition) is 1. The minimum absolute atomic E-state index is 0.0432. The molecule has 1 aliphatic heterocycles. The molecule has 4 aromatic rings. The van der Waals surface area contributed by atoms with Crippen molar-refractivity contribution >= 4 is 33.4 Å². The minimum atomic E-state index is -0.234. The van der Waals surface area contributed by atoms with Crippen molar-refractivity contribution in [1.82, 2.24) is 4.98 Å². The summed E-state index contributed by atoms with van der Waals surface area (Å²) >= 11 is 0. The number of carbonyl (C=O) groups excluding carboxylic acids is 1. The Kier molecular flexibility index (Phi) is 2.42. The Labute approximate surface area is 132 Å². The van der Waals surface area contributed by atoms with Gasteiger partial charge in [-0.15, -0.1) is 0 Å². The number of aromatic amines is 1. The molecule has 3 nitrogen and oxygen atoms in total. The highest BCUT2D eigenvalue weighted by Gasteiger charge is 2.31. The third-order valence-corrected chi connectivity index (χ3v) is 4.66. The standard InChI is InChI=1S/C20H14N2O/c23-20-19(15-6-2-4-8-17(15)22-20)12-9-10-14-13-5-1-3-7-16(13)21-18(14)11-12/h1-11,19,21H,(H,22,23). The molecule has 1 atom stereocenters. The number of anilines is 1. The number of amides is 1. The number of H-pyrrole nitrogens is 1. The van der Waals surface area contributed by atoms with Crippen LogP contribution >= 0.6 is 0 Å². The summed E-state index contributed by atoms with van der Waals surface area (Å²) in [5.41, 5.74) is 5.18. The van der Waals surface area contributed by atoms with Crippen molar-refractivity contribution < 1.29 is 4.79 Å². The summed E-state index contributed by atoms with van der Waals surface area (Å²) in [5, 5.41) is 5.38. The average Bonchev–Trinajstić information content (AvgIpc) is 3.10. The molecule has 0 radical (unpaired) electrons. The van der Waals surface area contributed by atoms with E-state index in [-0.39, 0.29) is 11.8 Å². The number of rotatable bonds is 1. The molecule has 0 saturated carbocycles. The molecule has 2 N–H and O–H groups in total. The Morgan fingerprint density at radius 1 is 0.783 bits per heavy atom. The summed E-state index contributed by atoms with van der Waals surface area (Å²) in [6.07, 6.45) is 0.